The molecule has 0 saturated heterocycles. The number of benzene rings is 2. The molecule has 1 aromatic heterocycles. The Kier molecular flexibility index (Phi) is 9.53. The van der Waals surface area contributed by atoms with Crippen LogP contribution in [0.1, 0.15) is 44.0 Å². The first-order chi connectivity index (χ1) is 16.6. The molecule has 1 heterocycles. The Morgan fingerprint density at radius 3 is 2.41 bits per heavy atom. The number of aromatic nitrogens is 1. The number of thiazole rings is 1. The van der Waals surface area contributed by atoms with Crippen molar-refractivity contribution < 1.29 is 19.0 Å². The second-order valence-corrected chi connectivity index (χ2v) is 8.84. The second kappa shape index (κ2) is 12.6. The molecule has 0 N–H and O–H groups in total. The highest BCUT2D eigenvalue weighted by molar-refractivity contribution is 7.22. The summed E-state index contributed by atoms with van der Waals surface area (Å²) in [6.07, 6.45) is 2.03. The van der Waals surface area contributed by atoms with Crippen LogP contribution >= 0.6 is 11.3 Å². The van der Waals surface area contributed by atoms with Crippen LogP contribution in [-0.4, -0.2) is 62.8 Å². The van der Waals surface area contributed by atoms with Gasteiger partial charge in [0.15, 0.2) is 5.13 Å². The Morgan fingerprint density at radius 1 is 1.00 bits per heavy atom. The van der Waals surface area contributed by atoms with E-state index in [1.807, 2.05) is 36.4 Å². The number of methoxy groups -OCH3 is 2. The van der Waals surface area contributed by atoms with E-state index in [4.69, 9.17) is 19.2 Å². The Hall–Kier alpha value is -2.84. The van der Waals surface area contributed by atoms with Crippen LogP contribution in [0.2, 0.25) is 0 Å². The van der Waals surface area contributed by atoms with Crippen molar-refractivity contribution in [2.24, 2.45) is 0 Å². The molecule has 3 aromatic rings. The number of hydrogen-bond acceptors (Lipinski definition) is 7. The number of anilines is 1. The zero-order valence-corrected chi connectivity index (χ0v) is 21.6. The molecule has 0 radical (unpaired) electrons. The van der Waals surface area contributed by atoms with Gasteiger partial charge in [-0.05, 0) is 49.8 Å². The van der Waals surface area contributed by atoms with E-state index in [2.05, 4.69) is 25.7 Å². The molecule has 2 aromatic carbocycles. The quantitative estimate of drug-likeness (QED) is 0.299. The van der Waals surface area contributed by atoms with E-state index in [0.717, 1.165) is 37.2 Å². The van der Waals surface area contributed by atoms with Crippen molar-refractivity contribution in [3.05, 3.63) is 42.0 Å². The first-order valence-corrected chi connectivity index (χ1v) is 12.7. The van der Waals surface area contributed by atoms with Gasteiger partial charge in [-0.25, -0.2) is 4.98 Å². The zero-order chi connectivity index (χ0) is 24.5. The van der Waals surface area contributed by atoms with Crippen LogP contribution in [0, 0.1) is 0 Å². The molecule has 7 nitrogen and oxygen atoms in total. The predicted octanol–water partition coefficient (Wildman–Crippen LogP) is 5.48. The molecular formula is C26H35N3O4S. The fraction of sp³-hybridized carbons (Fsp3) is 0.462. The van der Waals surface area contributed by atoms with Crippen LogP contribution in [0.15, 0.2) is 36.4 Å². The second-order valence-electron chi connectivity index (χ2n) is 7.86. The van der Waals surface area contributed by atoms with Crippen LogP contribution in [0.5, 0.6) is 17.2 Å². The Balaban J connectivity index is 1.99. The Bertz CT molecular complexity index is 1040. The van der Waals surface area contributed by atoms with Gasteiger partial charge < -0.3 is 19.1 Å². The van der Waals surface area contributed by atoms with E-state index in [9.17, 15) is 4.79 Å². The molecule has 1 amide bonds. The maximum atomic E-state index is 13.8. The summed E-state index contributed by atoms with van der Waals surface area (Å²) in [6, 6.07) is 11.1. The molecule has 0 saturated carbocycles. The van der Waals surface area contributed by atoms with Crippen molar-refractivity contribution in [1.82, 2.24) is 9.88 Å². The standard InChI is InChI=1S/C26H35N3O4S/c1-6-9-17-33-20-12-10-11-19(18-20)25(30)29(16-15-28(7-2)8-3)26-27-23-21(31-4)13-14-22(32-5)24(23)34-26/h10-14,18H,6-9,15-17H2,1-5H3. The van der Waals surface area contributed by atoms with E-state index in [-0.39, 0.29) is 5.91 Å². The molecule has 34 heavy (non-hydrogen) atoms. The van der Waals surface area contributed by atoms with E-state index < -0.39 is 0 Å². The predicted molar refractivity (Wildman–Crippen MR) is 139 cm³/mol. The van der Waals surface area contributed by atoms with Crippen LogP contribution in [0.4, 0.5) is 5.13 Å². The number of unbranched alkanes of at least 4 members (excludes halogenated alkanes) is 1. The van der Waals surface area contributed by atoms with Gasteiger partial charge in [-0.1, -0.05) is 44.6 Å². The van der Waals surface area contributed by atoms with Crippen molar-refractivity contribution in [2.45, 2.75) is 33.6 Å². The Labute approximate surface area is 206 Å². The normalized spacial score (nSPS) is 11.1. The van der Waals surface area contributed by atoms with Crippen LogP contribution in [-0.2, 0) is 0 Å². The minimum atomic E-state index is -0.106. The number of amides is 1. The summed E-state index contributed by atoms with van der Waals surface area (Å²) < 4.78 is 17.8. The summed E-state index contributed by atoms with van der Waals surface area (Å²) in [5.74, 6) is 1.96. The summed E-state index contributed by atoms with van der Waals surface area (Å²) in [5, 5.41) is 0.618. The molecule has 0 fully saturated rings. The fourth-order valence-electron chi connectivity index (χ4n) is 3.66. The number of hydrogen-bond donors (Lipinski definition) is 0. The SMILES string of the molecule is CCCCOc1cccc(C(=O)N(CCN(CC)CC)c2nc3c(OC)ccc(OC)c3s2)c1. The van der Waals surface area contributed by atoms with Crippen molar-refractivity contribution in [3.63, 3.8) is 0 Å². The largest absolute Gasteiger partial charge is 0.495 e. The summed E-state index contributed by atoms with van der Waals surface area (Å²) in [4.78, 5) is 22.6. The van der Waals surface area contributed by atoms with Gasteiger partial charge in [0.05, 0.1) is 20.8 Å². The van der Waals surface area contributed by atoms with Gasteiger partial charge in [0.25, 0.3) is 5.91 Å². The lowest BCUT2D eigenvalue weighted by atomic mass is 10.2. The number of likely N-dealkylation sites (N-methyl/N-ethyl adjacent to an activating group) is 1. The highest BCUT2D eigenvalue weighted by Crippen LogP contribution is 2.40. The fourth-order valence-corrected chi connectivity index (χ4v) is 4.76. The number of ether oxygens (including phenoxy) is 3. The van der Waals surface area contributed by atoms with Gasteiger partial charge in [-0.2, -0.15) is 0 Å². The molecule has 184 valence electrons. The molecular weight excluding hydrogens is 450 g/mol. The maximum Gasteiger partial charge on any atom is 0.260 e. The average Bonchev–Trinajstić information content (AvgIpc) is 3.31. The molecule has 0 aliphatic carbocycles. The van der Waals surface area contributed by atoms with Crippen LogP contribution in [0.25, 0.3) is 10.2 Å². The highest BCUT2D eigenvalue weighted by Gasteiger charge is 2.24. The third-order valence-electron chi connectivity index (χ3n) is 5.76. The highest BCUT2D eigenvalue weighted by atomic mass is 32.1. The summed E-state index contributed by atoms with van der Waals surface area (Å²) >= 11 is 1.44. The molecule has 0 spiro atoms. The van der Waals surface area contributed by atoms with Crippen molar-refractivity contribution in [3.8, 4) is 17.2 Å². The number of rotatable bonds is 13. The monoisotopic (exact) mass is 485 g/mol. The van der Waals surface area contributed by atoms with Gasteiger partial charge in [0.2, 0.25) is 0 Å². The van der Waals surface area contributed by atoms with E-state index in [1.54, 1.807) is 19.1 Å². The van der Waals surface area contributed by atoms with E-state index in [0.29, 0.717) is 46.6 Å². The van der Waals surface area contributed by atoms with E-state index >= 15 is 0 Å². The van der Waals surface area contributed by atoms with Crippen LogP contribution < -0.4 is 19.1 Å². The lowest BCUT2D eigenvalue weighted by Gasteiger charge is -2.25. The summed E-state index contributed by atoms with van der Waals surface area (Å²) in [5.41, 5.74) is 1.27. The third-order valence-corrected chi connectivity index (χ3v) is 6.85. The molecule has 0 aliphatic heterocycles. The molecule has 3 rings (SSSR count). The molecule has 0 atom stereocenters. The summed E-state index contributed by atoms with van der Waals surface area (Å²) in [6.45, 7) is 10.1. The number of fused-ring (bicyclic) bond motifs is 1. The van der Waals surface area contributed by atoms with Crippen molar-refractivity contribution in [1.29, 1.82) is 0 Å². The number of nitrogens with zero attached hydrogens (tertiary/aromatic N) is 3. The van der Waals surface area contributed by atoms with E-state index in [1.165, 1.54) is 11.3 Å². The average molecular weight is 486 g/mol. The van der Waals surface area contributed by atoms with Gasteiger partial charge in [-0.3, -0.25) is 9.69 Å². The topological polar surface area (TPSA) is 64.1 Å². The number of carbonyl (C=O) groups excluding carboxylic acids is 1. The number of carbonyl (C=O) groups is 1. The molecule has 0 unspecified atom stereocenters. The van der Waals surface area contributed by atoms with Crippen LogP contribution in [0.3, 0.4) is 0 Å². The first-order valence-electron chi connectivity index (χ1n) is 11.8. The minimum Gasteiger partial charge on any atom is -0.495 e. The smallest absolute Gasteiger partial charge is 0.260 e. The van der Waals surface area contributed by atoms with Crippen molar-refractivity contribution in [2.75, 3.05) is 51.9 Å². The lowest BCUT2D eigenvalue weighted by Crippen LogP contribution is -2.38. The maximum absolute atomic E-state index is 13.8. The lowest BCUT2D eigenvalue weighted by molar-refractivity contribution is 0.0983. The molecule has 8 heteroatoms. The Morgan fingerprint density at radius 2 is 1.74 bits per heavy atom. The zero-order valence-electron chi connectivity index (χ0n) is 20.8. The molecule has 0 bridgehead atoms. The van der Waals surface area contributed by atoms with Gasteiger partial charge in [-0.15, -0.1) is 0 Å². The summed E-state index contributed by atoms with van der Waals surface area (Å²) in [7, 11) is 3.25. The first kappa shape index (κ1) is 25.8. The van der Waals surface area contributed by atoms with Gasteiger partial charge in [0.1, 0.15) is 27.5 Å². The van der Waals surface area contributed by atoms with Gasteiger partial charge in [0, 0.05) is 18.7 Å². The third kappa shape index (κ3) is 5.98. The van der Waals surface area contributed by atoms with Crippen molar-refractivity contribution >= 4 is 32.6 Å². The van der Waals surface area contributed by atoms with Gasteiger partial charge >= 0.3 is 0 Å². The molecule has 0 aliphatic rings. The minimum absolute atomic E-state index is 0.106.